The molecule has 168 valence electrons. The first-order valence-corrected chi connectivity index (χ1v) is 10.6. The summed E-state index contributed by atoms with van der Waals surface area (Å²) in [5.41, 5.74) is 0.555. The Morgan fingerprint density at radius 3 is 2.39 bits per heavy atom. The van der Waals surface area contributed by atoms with Gasteiger partial charge in [0.25, 0.3) is 0 Å². The molecule has 1 aliphatic rings. The SMILES string of the molecule is O=C(CCNS(=O)(=O)c1ccc2c(c1)OCCO2)NCc1ccc(OC(F)(F)F)cc1. The van der Waals surface area contributed by atoms with Gasteiger partial charge < -0.3 is 19.5 Å². The van der Waals surface area contributed by atoms with Crippen molar-refractivity contribution >= 4 is 15.9 Å². The van der Waals surface area contributed by atoms with Crippen molar-refractivity contribution in [2.75, 3.05) is 19.8 Å². The second kappa shape index (κ2) is 9.43. The zero-order valence-corrected chi connectivity index (χ0v) is 16.9. The molecule has 0 fully saturated rings. The van der Waals surface area contributed by atoms with Crippen LogP contribution in [-0.2, 0) is 21.4 Å². The highest BCUT2D eigenvalue weighted by molar-refractivity contribution is 7.89. The Labute approximate surface area is 176 Å². The first kappa shape index (κ1) is 22.7. The molecule has 1 aliphatic heterocycles. The fraction of sp³-hybridized carbons (Fsp3) is 0.316. The van der Waals surface area contributed by atoms with Gasteiger partial charge in [-0.3, -0.25) is 4.79 Å². The lowest BCUT2D eigenvalue weighted by Crippen LogP contribution is -2.30. The first-order valence-electron chi connectivity index (χ1n) is 9.13. The van der Waals surface area contributed by atoms with E-state index in [2.05, 4.69) is 14.8 Å². The first-order chi connectivity index (χ1) is 14.6. The van der Waals surface area contributed by atoms with Gasteiger partial charge in [0.05, 0.1) is 4.90 Å². The van der Waals surface area contributed by atoms with Crippen LogP contribution < -0.4 is 24.2 Å². The Morgan fingerprint density at radius 1 is 1.03 bits per heavy atom. The average molecular weight is 460 g/mol. The lowest BCUT2D eigenvalue weighted by molar-refractivity contribution is -0.274. The van der Waals surface area contributed by atoms with E-state index >= 15 is 0 Å². The molecule has 0 aromatic heterocycles. The zero-order valence-electron chi connectivity index (χ0n) is 16.1. The summed E-state index contributed by atoms with van der Waals surface area (Å²) in [4.78, 5) is 11.9. The van der Waals surface area contributed by atoms with Gasteiger partial charge in [0, 0.05) is 25.6 Å². The molecule has 0 unspecified atom stereocenters. The van der Waals surface area contributed by atoms with Crippen molar-refractivity contribution < 1.29 is 40.6 Å². The second-order valence-corrected chi connectivity index (χ2v) is 8.19. The highest BCUT2D eigenvalue weighted by Gasteiger charge is 2.30. The van der Waals surface area contributed by atoms with Gasteiger partial charge in [0.1, 0.15) is 19.0 Å². The third-order valence-corrected chi connectivity index (χ3v) is 5.57. The van der Waals surface area contributed by atoms with E-state index in [9.17, 15) is 26.4 Å². The number of rotatable bonds is 8. The number of carbonyl (C=O) groups is 1. The number of halogens is 3. The number of hydrogen-bond acceptors (Lipinski definition) is 6. The molecule has 0 saturated carbocycles. The van der Waals surface area contributed by atoms with Crippen LogP contribution in [0.3, 0.4) is 0 Å². The molecular formula is C19H19F3N2O6S. The van der Waals surface area contributed by atoms with Crippen molar-refractivity contribution in [3.63, 3.8) is 0 Å². The summed E-state index contributed by atoms with van der Waals surface area (Å²) < 4.78 is 78.0. The Balaban J connectivity index is 1.44. The molecule has 8 nitrogen and oxygen atoms in total. The number of fused-ring (bicyclic) bond motifs is 1. The van der Waals surface area contributed by atoms with Gasteiger partial charge in [0.2, 0.25) is 15.9 Å². The number of hydrogen-bond donors (Lipinski definition) is 2. The number of ether oxygens (including phenoxy) is 3. The smallest absolute Gasteiger partial charge is 0.486 e. The van der Waals surface area contributed by atoms with Crippen molar-refractivity contribution in [1.82, 2.24) is 10.0 Å². The lowest BCUT2D eigenvalue weighted by atomic mass is 10.2. The molecule has 0 radical (unpaired) electrons. The summed E-state index contributed by atoms with van der Waals surface area (Å²) >= 11 is 0. The van der Waals surface area contributed by atoms with E-state index in [4.69, 9.17) is 9.47 Å². The van der Waals surface area contributed by atoms with Gasteiger partial charge in [0.15, 0.2) is 11.5 Å². The number of benzene rings is 2. The molecule has 2 aromatic rings. The monoisotopic (exact) mass is 460 g/mol. The summed E-state index contributed by atoms with van der Waals surface area (Å²) in [6.45, 7) is 0.640. The zero-order chi connectivity index (χ0) is 22.5. The molecule has 0 spiro atoms. The summed E-state index contributed by atoms with van der Waals surface area (Å²) in [5.74, 6) is -0.00212. The van der Waals surface area contributed by atoms with Gasteiger partial charge in [-0.1, -0.05) is 12.1 Å². The lowest BCUT2D eigenvalue weighted by Gasteiger charge is -2.18. The quantitative estimate of drug-likeness (QED) is 0.627. The summed E-state index contributed by atoms with van der Waals surface area (Å²) in [6.07, 6.45) is -4.90. The third-order valence-electron chi connectivity index (χ3n) is 4.11. The van der Waals surface area contributed by atoms with Crippen molar-refractivity contribution in [3.8, 4) is 17.2 Å². The minimum Gasteiger partial charge on any atom is -0.486 e. The van der Waals surface area contributed by atoms with Crippen LogP contribution in [0.1, 0.15) is 12.0 Å². The Bertz CT molecular complexity index is 1030. The third kappa shape index (κ3) is 6.76. The van der Waals surface area contributed by atoms with Crippen LogP contribution in [0.5, 0.6) is 17.2 Å². The fourth-order valence-electron chi connectivity index (χ4n) is 2.67. The molecule has 2 aromatic carbocycles. The number of nitrogens with one attached hydrogen (secondary N) is 2. The van der Waals surface area contributed by atoms with Crippen LogP contribution in [-0.4, -0.2) is 40.4 Å². The van der Waals surface area contributed by atoms with E-state index in [1.165, 1.54) is 30.3 Å². The van der Waals surface area contributed by atoms with Gasteiger partial charge in [-0.15, -0.1) is 13.2 Å². The van der Waals surface area contributed by atoms with E-state index < -0.39 is 22.3 Å². The van der Waals surface area contributed by atoms with E-state index in [1.54, 1.807) is 0 Å². The fourth-order valence-corrected chi connectivity index (χ4v) is 3.72. The number of amides is 1. The Kier molecular flexibility index (Phi) is 6.91. The van der Waals surface area contributed by atoms with Crippen LogP contribution >= 0.6 is 0 Å². The van der Waals surface area contributed by atoms with Crippen molar-refractivity contribution in [2.45, 2.75) is 24.2 Å². The highest BCUT2D eigenvalue weighted by Crippen LogP contribution is 2.32. The largest absolute Gasteiger partial charge is 0.573 e. The summed E-state index contributed by atoms with van der Waals surface area (Å²) in [6, 6.07) is 9.26. The van der Waals surface area contributed by atoms with Crippen LogP contribution in [0.4, 0.5) is 13.2 Å². The molecule has 1 heterocycles. The summed E-state index contributed by atoms with van der Waals surface area (Å²) in [5, 5.41) is 2.56. The van der Waals surface area contributed by atoms with Crippen molar-refractivity contribution in [3.05, 3.63) is 48.0 Å². The van der Waals surface area contributed by atoms with Crippen LogP contribution in [0.25, 0.3) is 0 Å². The van der Waals surface area contributed by atoms with Gasteiger partial charge in [-0.25, -0.2) is 13.1 Å². The second-order valence-electron chi connectivity index (χ2n) is 6.42. The molecule has 0 saturated heterocycles. The maximum Gasteiger partial charge on any atom is 0.573 e. The predicted molar refractivity (Wildman–Crippen MR) is 102 cm³/mol. The van der Waals surface area contributed by atoms with E-state index in [1.807, 2.05) is 0 Å². The molecule has 0 aliphatic carbocycles. The molecular weight excluding hydrogens is 441 g/mol. The Morgan fingerprint density at radius 2 is 1.71 bits per heavy atom. The van der Waals surface area contributed by atoms with Crippen LogP contribution in [0.2, 0.25) is 0 Å². The van der Waals surface area contributed by atoms with E-state index in [0.717, 1.165) is 12.1 Å². The van der Waals surface area contributed by atoms with Gasteiger partial charge in [-0.2, -0.15) is 0 Å². The minimum atomic E-state index is -4.77. The van der Waals surface area contributed by atoms with Crippen molar-refractivity contribution in [2.24, 2.45) is 0 Å². The highest BCUT2D eigenvalue weighted by atomic mass is 32.2. The number of carbonyl (C=O) groups excluding carboxylic acids is 1. The normalized spacial score (nSPS) is 13.5. The van der Waals surface area contributed by atoms with Crippen LogP contribution in [0, 0.1) is 0 Å². The van der Waals surface area contributed by atoms with E-state index in [-0.39, 0.29) is 30.2 Å². The molecule has 12 heteroatoms. The molecule has 31 heavy (non-hydrogen) atoms. The van der Waals surface area contributed by atoms with Crippen molar-refractivity contribution in [1.29, 1.82) is 0 Å². The molecule has 2 N–H and O–H groups in total. The van der Waals surface area contributed by atoms with E-state index in [0.29, 0.717) is 30.3 Å². The minimum absolute atomic E-state index is 0.0154. The Hall–Kier alpha value is -2.99. The average Bonchev–Trinajstić information content (AvgIpc) is 2.71. The van der Waals surface area contributed by atoms with Gasteiger partial charge >= 0.3 is 6.36 Å². The molecule has 0 atom stereocenters. The topological polar surface area (TPSA) is 103 Å². The molecule has 0 bridgehead atoms. The molecule has 3 rings (SSSR count). The molecule has 1 amide bonds. The number of sulfonamides is 1. The maximum atomic E-state index is 12.4. The van der Waals surface area contributed by atoms with Gasteiger partial charge in [-0.05, 0) is 29.8 Å². The van der Waals surface area contributed by atoms with Crippen LogP contribution in [0.15, 0.2) is 47.4 Å². The maximum absolute atomic E-state index is 12.4. The predicted octanol–water partition coefficient (Wildman–Crippen LogP) is 2.34. The number of alkyl halides is 3. The standard InChI is InChI=1S/C19H19F3N2O6S/c20-19(21,22)30-14-3-1-13(2-4-14)12-23-18(25)7-8-24-31(26,27)15-5-6-16-17(11-15)29-10-9-28-16/h1-6,11,24H,7-10,12H2,(H,23,25). The summed E-state index contributed by atoms with van der Waals surface area (Å²) in [7, 11) is -3.85.